The number of aliphatic hydroxyl groups is 5. The lowest BCUT2D eigenvalue weighted by molar-refractivity contribution is -0.302. The third-order valence-corrected chi connectivity index (χ3v) is 12.3. The number of carbonyl (C=O) groups excluding carboxylic acids is 2. The fraction of sp³-hybridized carbons (Fsp3) is 0.754. The van der Waals surface area contributed by atoms with Crippen molar-refractivity contribution in [2.45, 2.75) is 256 Å². The monoisotopic (exact) mass is 958 g/mol. The van der Waals surface area contributed by atoms with Gasteiger partial charge in [0, 0.05) is 12.8 Å². The smallest absolute Gasteiger partial charge is 0.305 e. The molecule has 392 valence electrons. The maximum Gasteiger partial charge on any atom is 0.305 e. The van der Waals surface area contributed by atoms with E-state index in [1.54, 1.807) is 6.08 Å². The molecule has 68 heavy (non-hydrogen) atoms. The molecule has 1 aliphatic heterocycles. The summed E-state index contributed by atoms with van der Waals surface area (Å²) in [6.45, 7) is 4.14. The molecule has 6 N–H and O–H groups in total. The molecule has 0 bridgehead atoms. The minimum Gasteiger partial charge on any atom is -0.466 e. The minimum atomic E-state index is -1.59. The van der Waals surface area contributed by atoms with Gasteiger partial charge in [0.2, 0.25) is 5.91 Å². The highest BCUT2D eigenvalue weighted by Gasteiger charge is 2.44. The third kappa shape index (κ3) is 36.1. The molecule has 1 fully saturated rings. The van der Waals surface area contributed by atoms with E-state index in [0.29, 0.717) is 19.4 Å². The number of hydrogen-bond acceptors (Lipinski definition) is 10. The van der Waals surface area contributed by atoms with E-state index in [9.17, 15) is 35.1 Å². The number of nitrogens with one attached hydrogen (secondary N) is 1. The van der Waals surface area contributed by atoms with Crippen LogP contribution in [0.1, 0.15) is 213 Å². The standard InChI is InChI=1S/C57H99NO10/c1-3-5-7-9-11-13-15-20-25-29-33-37-41-45-53(62)66-46-42-38-34-30-26-22-19-17-18-21-24-28-32-36-40-44-52(61)58-49(48-67-57-56(65)55(64)54(63)51(47-59)68-57)50(60)43-39-35-31-27-23-16-14-12-10-8-6-4-2/h7,9,13,15,17,19,22-23,26-27,39,43,49-51,54-57,59-60,63-65H,3-6,8,10-12,14,16,18,20-21,24-25,28-38,40-42,44-48H2,1-2H3,(H,58,61)/b9-7-,15-13-,19-17-,26-22-,27-23+,43-39+. The van der Waals surface area contributed by atoms with E-state index in [1.807, 2.05) is 6.08 Å². The van der Waals surface area contributed by atoms with Crippen LogP contribution in [-0.4, -0.2) is 100 Å². The van der Waals surface area contributed by atoms with Crippen molar-refractivity contribution in [1.82, 2.24) is 5.32 Å². The van der Waals surface area contributed by atoms with Crippen LogP contribution in [0.2, 0.25) is 0 Å². The van der Waals surface area contributed by atoms with Crippen LogP contribution < -0.4 is 5.32 Å². The molecule has 11 heteroatoms. The fourth-order valence-electron chi connectivity index (χ4n) is 7.89. The molecular formula is C57H99NO10. The largest absolute Gasteiger partial charge is 0.466 e. The van der Waals surface area contributed by atoms with E-state index >= 15 is 0 Å². The van der Waals surface area contributed by atoms with Gasteiger partial charge in [-0.25, -0.2) is 0 Å². The zero-order valence-electron chi connectivity index (χ0n) is 42.8. The van der Waals surface area contributed by atoms with Crippen LogP contribution in [0, 0.1) is 0 Å². The Morgan fingerprint density at radius 2 is 1.07 bits per heavy atom. The van der Waals surface area contributed by atoms with Crippen molar-refractivity contribution in [2.75, 3.05) is 19.8 Å². The first-order valence-electron chi connectivity index (χ1n) is 27.2. The van der Waals surface area contributed by atoms with Crippen molar-refractivity contribution >= 4 is 11.9 Å². The first kappa shape index (κ1) is 63.1. The van der Waals surface area contributed by atoms with Crippen LogP contribution in [0.15, 0.2) is 72.9 Å². The Bertz CT molecular complexity index is 1360. The fourth-order valence-corrected chi connectivity index (χ4v) is 7.89. The molecule has 1 aliphatic rings. The second kappa shape index (κ2) is 46.5. The summed E-state index contributed by atoms with van der Waals surface area (Å²) in [7, 11) is 0. The van der Waals surface area contributed by atoms with E-state index in [2.05, 4.69) is 79.9 Å². The molecule has 0 aromatic rings. The quantitative estimate of drug-likeness (QED) is 0.0149. The van der Waals surface area contributed by atoms with Gasteiger partial charge in [0.15, 0.2) is 6.29 Å². The Balaban J connectivity index is 2.20. The molecule has 0 aromatic heterocycles. The normalized spacial score (nSPS) is 20.0. The van der Waals surface area contributed by atoms with Gasteiger partial charge in [-0.3, -0.25) is 9.59 Å². The van der Waals surface area contributed by atoms with E-state index in [1.165, 1.54) is 70.6 Å². The van der Waals surface area contributed by atoms with E-state index in [-0.39, 0.29) is 18.5 Å². The second-order valence-electron chi connectivity index (χ2n) is 18.6. The number of unbranched alkanes of at least 4 members (excludes halogenated alkanes) is 22. The van der Waals surface area contributed by atoms with Crippen LogP contribution in [-0.2, 0) is 23.8 Å². The van der Waals surface area contributed by atoms with Gasteiger partial charge < -0.3 is 45.1 Å². The number of carbonyl (C=O) groups is 2. The summed E-state index contributed by atoms with van der Waals surface area (Å²) in [6.07, 6.45) is 49.8. The predicted molar refractivity (Wildman–Crippen MR) is 278 cm³/mol. The molecule has 0 aliphatic carbocycles. The molecule has 0 saturated carbocycles. The lowest BCUT2D eigenvalue weighted by Crippen LogP contribution is -2.60. The van der Waals surface area contributed by atoms with E-state index in [0.717, 1.165) is 116 Å². The Morgan fingerprint density at radius 3 is 1.69 bits per heavy atom. The number of esters is 1. The molecular weight excluding hydrogens is 859 g/mol. The molecule has 11 nitrogen and oxygen atoms in total. The zero-order chi connectivity index (χ0) is 49.6. The van der Waals surface area contributed by atoms with Crippen molar-refractivity contribution in [3.05, 3.63) is 72.9 Å². The third-order valence-electron chi connectivity index (χ3n) is 12.3. The maximum absolute atomic E-state index is 13.0. The van der Waals surface area contributed by atoms with E-state index in [4.69, 9.17) is 14.2 Å². The minimum absolute atomic E-state index is 0.0586. The van der Waals surface area contributed by atoms with Crippen molar-refractivity contribution in [3.8, 4) is 0 Å². The SMILES string of the molecule is CCC/C=C\C/C=C\CCCCCCCC(=O)OCCCCC/C=C\C=C/CCCCCCCCC(=O)NC(COC1OC(CO)C(O)C(O)C1O)C(O)/C=C/CC/C=C/CCCCCCCC. The predicted octanol–water partition coefficient (Wildman–Crippen LogP) is 11.7. The van der Waals surface area contributed by atoms with Gasteiger partial charge in [0.1, 0.15) is 24.4 Å². The summed E-state index contributed by atoms with van der Waals surface area (Å²) in [5, 5.41) is 54.2. The molecule has 1 saturated heterocycles. The van der Waals surface area contributed by atoms with Crippen LogP contribution in [0.4, 0.5) is 0 Å². The molecule has 0 aromatic carbocycles. The first-order chi connectivity index (χ1) is 33.2. The van der Waals surface area contributed by atoms with Gasteiger partial charge >= 0.3 is 5.97 Å². The summed E-state index contributed by atoms with van der Waals surface area (Å²) in [4.78, 5) is 25.0. The second-order valence-corrected chi connectivity index (χ2v) is 18.6. The van der Waals surface area contributed by atoms with Gasteiger partial charge in [0.25, 0.3) is 0 Å². The average Bonchev–Trinajstić information content (AvgIpc) is 3.33. The topological polar surface area (TPSA) is 175 Å². The lowest BCUT2D eigenvalue weighted by Gasteiger charge is -2.40. The molecule has 7 atom stereocenters. The van der Waals surface area contributed by atoms with Crippen molar-refractivity contribution in [3.63, 3.8) is 0 Å². The van der Waals surface area contributed by atoms with Gasteiger partial charge in [-0.2, -0.15) is 0 Å². The number of ether oxygens (including phenoxy) is 3. The average molecular weight is 958 g/mol. The molecule has 1 rings (SSSR count). The number of aliphatic hydroxyl groups excluding tert-OH is 5. The van der Waals surface area contributed by atoms with Crippen LogP contribution in [0.25, 0.3) is 0 Å². The Morgan fingerprint density at radius 1 is 0.559 bits per heavy atom. The van der Waals surface area contributed by atoms with Crippen molar-refractivity contribution < 1.29 is 49.3 Å². The van der Waals surface area contributed by atoms with Crippen LogP contribution in [0.3, 0.4) is 0 Å². The summed E-state index contributed by atoms with van der Waals surface area (Å²) in [6, 6.07) is -0.846. The summed E-state index contributed by atoms with van der Waals surface area (Å²) in [5.41, 5.74) is 0. The lowest BCUT2D eigenvalue weighted by atomic mass is 9.99. The summed E-state index contributed by atoms with van der Waals surface area (Å²) < 4.78 is 16.6. The number of rotatable bonds is 45. The van der Waals surface area contributed by atoms with Gasteiger partial charge in [-0.1, -0.05) is 170 Å². The van der Waals surface area contributed by atoms with Gasteiger partial charge in [-0.15, -0.1) is 0 Å². The highest BCUT2D eigenvalue weighted by molar-refractivity contribution is 5.76. The number of amides is 1. The van der Waals surface area contributed by atoms with Gasteiger partial charge in [0.05, 0.1) is 32.0 Å². The number of hydrogen-bond donors (Lipinski definition) is 6. The van der Waals surface area contributed by atoms with Crippen molar-refractivity contribution in [2.24, 2.45) is 0 Å². The Labute approximate surface area is 413 Å². The highest BCUT2D eigenvalue weighted by Crippen LogP contribution is 2.22. The number of allylic oxidation sites excluding steroid dienone is 11. The van der Waals surface area contributed by atoms with Crippen molar-refractivity contribution in [1.29, 1.82) is 0 Å². The highest BCUT2D eigenvalue weighted by atomic mass is 16.7. The van der Waals surface area contributed by atoms with Crippen LogP contribution in [0.5, 0.6) is 0 Å². The molecule has 0 radical (unpaired) electrons. The summed E-state index contributed by atoms with van der Waals surface area (Å²) in [5.74, 6) is -0.277. The summed E-state index contributed by atoms with van der Waals surface area (Å²) >= 11 is 0. The molecule has 1 heterocycles. The zero-order valence-corrected chi connectivity index (χ0v) is 42.8. The van der Waals surface area contributed by atoms with Crippen LogP contribution >= 0.6 is 0 Å². The maximum atomic E-state index is 13.0. The van der Waals surface area contributed by atoms with E-state index < -0.39 is 49.5 Å². The molecule has 7 unspecified atom stereocenters. The first-order valence-corrected chi connectivity index (χ1v) is 27.2. The Kier molecular flexibility index (Phi) is 43.1. The molecule has 0 spiro atoms. The van der Waals surface area contributed by atoms with Gasteiger partial charge in [-0.05, 0) is 103 Å². The molecule has 1 amide bonds. The Hall–Kier alpha value is -2.90.